The molecule has 0 spiro atoms. The van der Waals surface area contributed by atoms with Gasteiger partial charge in [-0.3, -0.25) is 4.79 Å². The maximum absolute atomic E-state index is 11.8. The molecule has 2 rings (SSSR count). The van der Waals surface area contributed by atoms with E-state index in [2.05, 4.69) is 22.6 Å². The summed E-state index contributed by atoms with van der Waals surface area (Å²) in [4.78, 5) is 16.8. The fourth-order valence-electron chi connectivity index (χ4n) is 2.21. The Balaban J connectivity index is 1.68. The Bertz CT molecular complexity index is 721. The lowest BCUT2D eigenvalue weighted by molar-refractivity contribution is -0.126. The third-order valence-electron chi connectivity index (χ3n) is 3.54. The van der Waals surface area contributed by atoms with Crippen molar-refractivity contribution in [2.24, 2.45) is 5.16 Å². The molecule has 0 aliphatic rings. The predicted octanol–water partition coefficient (Wildman–Crippen LogP) is 4.48. The molecule has 0 radical (unpaired) electrons. The van der Waals surface area contributed by atoms with Crippen molar-refractivity contribution in [3.63, 3.8) is 0 Å². The van der Waals surface area contributed by atoms with Gasteiger partial charge in [-0.05, 0) is 37.5 Å². The number of benzene rings is 2. The largest absolute Gasteiger partial charge is 0.386 e. The molecule has 1 N–H and O–H groups in total. The fourth-order valence-corrected chi connectivity index (χ4v) is 2.67. The van der Waals surface area contributed by atoms with Crippen molar-refractivity contribution in [1.29, 1.82) is 0 Å². The number of aryl methyl sites for hydroxylation is 1. The van der Waals surface area contributed by atoms with Gasteiger partial charge >= 0.3 is 0 Å². The van der Waals surface area contributed by atoms with Gasteiger partial charge in [0.1, 0.15) is 0 Å². The average Bonchev–Trinajstić information content (AvgIpc) is 2.59. The summed E-state index contributed by atoms with van der Waals surface area (Å²) in [6, 6.07) is 15.3. The van der Waals surface area contributed by atoms with E-state index in [9.17, 15) is 4.79 Å². The van der Waals surface area contributed by atoms with Gasteiger partial charge < -0.3 is 10.2 Å². The number of rotatable bonds is 8. The molecule has 25 heavy (non-hydrogen) atoms. The average molecular weight is 379 g/mol. The highest BCUT2D eigenvalue weighted by Crippen LogP contribution is 2.19. The maximum Gasteiger partial charge on any atom is 0.260 e. The molecule has 0 aromatic heterocycles. The molecule has 0 saturated heterocycles. The summed E-state index contributed by atoms with van der Waals surface area (Å²) in [5.41, 5.74) is 1.92. The minimum Gasteiger partial charge on any atom is -0.386 e. The topological polar surface area (TPSA) is 50.7 Å². The zero-order valence-corrected chi connectivity index (χ0v) is 15.4. The molecule has 0 unspecified atom stereocenters. The molecule has 0 fully saturated rings. The Morgan fingerprint density at radius 3 is 2.72 bits per heavy atom. The Morgan fingerprint density at radius 1 is 1.24 bits per heavy atom. The molecule has 1 amide bonds. The van der Waals surface area contributed by atoms with Crippen LogP contribution in [0.3, 0.4) is 0 Å². The number of hydrogen-bond acceptors (Lipinski definition) is 3. The molecule has 0 bridgehead atoms. The molecule has 1 atom stereocenters. The van der Waals surface area contributed by atoms with Gasteiger partial charge in [-0.25, -0.2) is 0 Å². The van der Waals surface area contributed by atoms with Crippen molar-refractivity contribution in [2.45, 2.75) is 25.8 Å². The molecular formula is C19H20Cl2N2O2. The molecule has 4 nitrogen and oxygen atoms in total. The van der Waals surface area contributed by atoms with Crippen molar-refractivity contribution < 1.29 is 9.63 Å². The molecule has 0 aliphatic heterocycles. The first kappa shape index (κ1) is 19.3. The first-order valence-corrected chi connectivity index (χ1v) is 8.74. The number of oxime groups is 1. The van der Waals surface area contributed by atoms with Crippen molar-refractivity contribution in [3.8, 4) is 0 Å². The quantitative estimate of drug-likeness (QED) is 0.543. The molecule has 0 saturated carbocycles. The number of hydrogen-bond donors (Lipinski definition) is 1. The normalized spacial score (nSPS) is 12.1. The van der Waals surface area contributed by atoms with Crippen LogP contribution in [0.1, 0.15) is 24.5 Å². The van der Waals surface area contributed by atoms with Crippen LogP contribution in [0.25, 0.3) is 0 Å². The van der Waals surface area contributed by atoms with Gasteiger partial charge in [0, 0.05) is 16.6 Å². The summed E-state index contributed by atoms with van der Waals surface area (Å²) in [5.74, 6) is -0.208. The van der Waals surface area contributed by atoms with Crippen LogP contribution in [-0.2, 0) is 16.1 Å². The minimum absolute atomic E-state index is 0.0611. The van der Waals surface area contributed by atoms with E-state index in [0.29, 0.717) is 15.6 Å². The molecule has 6 heteroatoms. The number of nitrogens with one attached hydrogen (secondary N) is 1. The summed E-state index contributed by atoms with van der Waals surface area (Å²) in [6.45, 7) is 1.83. The number of halogens is 2. The lowest BCUT2D eigenvalue weighted by Crippen LogP contribution is -2.35. The van der Waals surface area contributed by atoms with Gasteiger partial charge in [0.15, 0.2) is 6.61 Å². The second kappa shape index (κ2) is 10.1. The summed E-state index contributed by atoms with van der Waals surface area (Å²) in [7, 11) is 0. The van der Waals surface area contributed by atoms with Gasteiger partial charge in [-0.2, -0.15) is 0 Å². The van der Waals surface area contributed by atoms with E-state index in [4.69, 9.17) is 28.0 Å². The van der Waals surface area contributed by atoms with Gasteiger partial charge in [0.2, 0.25) is 0 Å². The van der Waals surface area contributed by atoms with Crippen LogP contribution in [0.4, 0.5) is 0 Å². The predicted molar refractivity (Wildman–Crippen MR) is 102 cm³/mol. The Kier molecular flexibility index (Phi) is 7.76. The van der Waals surface area contributed by atoms with Crippen molar-refractivity contribution in [3.05, 3.63) is 69.7 Å². The smallest absolute Gasteiger partial charge is 0.260 e. The van der Waals surface area contributed by atoms with E-state index in [1.807, 2.05) is 25.1 Å². The van der Waals surface area contributed by atoms with E-state index in [1.165, 1.54) is 11.8 Å². The van der Waals surface area contributed by atoms with Crippen molar-refractivity contribution >= 4 is 35.3 Å². The summed E-state index contributed by atoms with van der Waals surface area (Å²) in [5, 5.41) is 7.67. The summed E-state index contributed by atoms with van der Waals surface area (Å²) >= 11 is 11.8. The van der Waals surface area contributed by atoms with Crippen molar-refractivity contribution in [1.82, 2.24) is 5.32 Å². The van der Waals surface area contributed by atoms with Crippen LogP contribution in [-0.4, -0.2) is 24.8 Å². The van der Waals surface area contributed by atoms with E-state index < -0.39 is 0 Å². The van der Waals surface area contributed by atoms with Crippen LogP contribution in [0.5, 0.6) is 0 Å². The lowest BCUT2D eigenvalue weighted by Gasteiger charge is -2.13. The first-order valence-electron chi connectivity index (χ1n) is 7.98. The van der Waals surface area contributed by atoms with Gasteiger partial charge in [-0.15, -0.1) is 0 Å². The number of nitrogens with zero attached hydrogens (tertiary/aromatic N) is 1. The minimum atomic E-state index is -0.208. The Morgan fingerprint density at radius 2 is 2.00 bits per heavy atom. The first-order chi connectivity index (χ1) is 12.0. The molecule has 0 aliphatic carbocycles. The van der Waals surface area contributed by atoms with Crippen LogP contribution in [0.15, 0.2) is 53.7 Å². The van der Waals surface area contributed by atoms with Crippen LogP contribution >= 0.6 is 23.2 Å². The highest BCUT2D eigenvalue weighted by atomic mass is 35.5. The van der Waals surface area contributed by atoms with E-state index >= 15 is 0 Å². The number of carbonyl (C=O) groups excluding carboxylic acids is 1. The molecule has 2 aromatic carbocycles. The fraction of sp³-hybridized carbons (Fsp3) is 0.263. The maximum atomic E-state index is 11.8. The summed E-state index contributed by atoms with van der Waals surface area (Å²) in [6.07, 6.45) is 3.22. The third kappa shape index (κ3) is 7.16. The second-order valence-corrected chi connectivity index (χ2v) is 6.51. The van der Waals surface area contributed by atoms with E-state index in [1.54, 1.807) is 18.2 Å². The highest BCUT2D eigenvalue weighted by Gasteiger charge is 2.08. The number of amides is 1. The van der Waals surface area contributed by atoms with Crippen LogP contribution in [0.2, 0.25) is 10.0 Å². The Hall–Kier alpha value is -2.04. The van der Waals surface area contributed by atoms with Gasteiger partial charge in [0.25, 0.3) is 5.91 Å². The Labute approximate surface area is 157 Å². The van der Waals surface area contributed by atoms with E-state index in [0.717, 1.165) is 12.8 Å². The highest BCUT2D eigenvalue weighted by molar-refractivity contribution is 6.36. The summed E-state index contributed by atoms with van der Waals surface area (Å²) < 4.78 is 0. The van der Waals surface area contributed by atoms with Crippen LogP contribution < -0.4 is 5.32 Å². The van der Waals surface area contributed by atoms with E-state index in [-0.39, 0.29) is 18.6 Å². The van der Waals surface area contributed by atoms with Crippen LogP contribution in [0, 0.1) is 0 Å². The second-order valence-electron chi connectivity index (χ2n) is 5.67. The zero-order chi connectivity index (χ0) is 18.1. The molecule has 2 aromatic rings. The van der Waals surface area contributed by atoms with Crippen molar-refractivity contribution in [2.75, 3.05) is 6.61 Å². The van der Waals surface area contributed by atoms with Gasteiger partial charge in [0.05, 0.1) is 11.2 Å². The molecular weight excluding hydrogens is 359 g/mol. The molecule has 132 valence electrons. The van der Waals surface area contributed by atoms with Gasteiger partial charge in [-0.1, -0.05) is 64.8 Å². The molecule has 0 heterocycles. The SMILES string of the molecule is C[C@H](CCc1ccccc1)NC(=O)CO/N=C\c1ccc(Cl)cc1Cl. The monoisotopic (exact) mass is 378 g/mol. The standard InChI is InChI=1S/C19H20Cl2N2O2/c1-14(7-8-15-5-3-2-4-6-15)23-19(24)13-25-22-12-16-9-10-17(20)11-18(16)21/h2-6,9-12,14H,7-8,13H2,1H3,(H,23,24)/b22-12-/t14-/m1/s1. The number of carbonyl (C=O) groups is 1. The zero-order valence-electron chi connectivity index (χ0n) is 13.9. The lowest BCUT2D eigenvalue weighted by atomic mass is 10.1. The third-order valence-corrected chi connectivity index (χ3v) is 4.10.